The number of benzene rings is 1. The molecule has 1 aromatic carbocycles. The van der Waals surface area contributed by atoms with Crippen LogP contribution in [0.25, 0.3) is 11.3 Å². The Morgan fingerprint density at radius 3 is 1.88 bits per heavy atom. The number of rotatable bonds is 11. The molecule has 132 valence electrons. The zero-order valence-electron chi connectivity index (χ0n) is 15.7. The molecular formula is C21H33NOSn. The molecule has 0 saturated heterocycles. The Balaban J connectivity index is 2.31. The van der Waals surface area contributed by atoms with Gasteiger partial charge in [-0.2, -0.15) is 0 Å². The normalized spacial score (nSPS) is 11.8. The van der Waals surface area contributed by atoms with Gasteiger partial charge in [0.05, 0.1) is 0 Å². The molecule has 0 saturated carbocycles. The Morgan fingerprint density at radius 2 is 1.38 bits per heavy atom. The molecule has 24 heavy (non-hydrogen) atoms. The minimum atomic E-state index is -2.52. The van der Waals surface area contributed by atoms with E-state index >= 15 is 0 Å². The molecule has 1 heterocycles. The van der Waals surface area contributed by atoms with Gasteiger partial charge in [0.2, 0.25) is 0 Å². The summed E-state index contributed by atoms with van der Waals surface area (Å²) in [5, 5.41) is 0. The van der Waals surface area contributed by atoms with E-state index in [4.69, 9.17) is 9.40 Å². The van der Waals surface area contributed by atoms with Crippen LogP contribution in [0.1, 0.15) is 59.3 Å². The molecule has 0 unspecified atom stereocenters. The summed E-state index contributed by atoms with van der Waals surface area (Å²) in [5.41, 5.74) is 1.15. The summed E-state index contributed by atoms with van der Waals surface area (Å²) >= 11 is -2.52. The predicted molar refractivity (Wildman–Crippen MR) is 106 cm³/mol. The Labute approximate surface area is 151 Å². The van der Waals surface area contributed by atoms with Crippen LogP contribution in [0.15, 0.2) is 40.9 Å². The molecule has 0 radical (unpaired) electrons. The second-order valence-corrected chi connectivity index (χ2v) is 19.8. The Kier molecular flexibility index (Phi) is 8.37. The van der Waals surface area contributed by atoms with Crippen LogP contribution in [0, 0.1) is 0 Å². The van der Waals surface area contributed by atoms with Gasteiger partial charge in [0.25, 0.3) is 0 Å². The third kappa shape index (κ3) is 5.11. The molecular weight excluding hydrogens is 401 g/mol. The van der Waals surface area contributed by atoms with E-state index in [9.17, 15) is 0 Å². The van der Waals surface area contributed by atoms with Crippen LogP contribution in [0.5, 0.6) is 0 Å². The van der Waals surface area contributed by atoms with Gasteiger partial charge in [0, 0.05) is 0 Å². The summed E-state index contributed by atoms with van der Waals surface area (Å²) in [5.74, 6) is 0.955. The fourth-order valence-electron chi connectivity index (χ4n) is 3.50. The van der Waals surface area contributed by atoms with Crippen molar-refractivity contribution in [3.05, 3.63) is 36.5 Å². The summed E-state index contributed by atoms with van der Waals surface area (Å²) in [6, 6.07) is 10.4. The van der Waals surface area contributed by atoms with Gasteiger partial charge in [-0.15, -0.1) is 0 Å². The van der Waals surface area contributed by atoms with Gasteiger partial charge in [-0.1, -0.05) is 0 Å². The van der Waals surface area contributed by atoms with Crippen LogP contribution in [-0.4, -0.2) is 23.4 Å². The average Bonchev–Trinajstić information content (AvgIpc) is 3.13. The molecule has 3 heteroatoms. The number of oxazole rings is 1. The van der Waals surface area contributed by atoms with Gasteiger partial charge in [-0.25, -0.2) is 0 Å². The van der Waals surface area contributed by atoms with E-state index < -0.39 is 18.4 Å². The Morgan fingerprint density at radius 1 is 0.833 bits per heavy atom. The molecule has 2 rings (SSSR count). The van der Waals surface area contributed by atoms with Crippen LogP contribution in [0.3, 0.4) is 0 Å². The zero-order valence-corrected chi connectivity index (χ0v) is 18.5. The molecule has 0 aliphatic rings. The summed E-state index contributed by atoms with van der Waals surface area (Å²) in [4.78, 5) is 4.85. The number of unbranched alkanes of at least 4 members (excludes halogenated alkanes) is 3. The first-order chi connectivity index (χ1) is 11.8. The first-order valence-corrected chi connectivity index (χ1v) is 17.3. The van der Waals surface area contributed by atoms with E-state index in [1.165, 1.54) is 55.7 Å². The molecule has 0 bridgehead atoms. The van der Waals surface area contributed by atoms with Crippen molar-refractivity contribution in [1.29, 1.82) is 0 Å². The van der Waals surface area contributed by atoms with Gasteiger partial charge in [-0.3, -0.25) is 0 Å². The Hall–Kier alpha value is -0.771. The van der Waals surface area contributed by atoms with Crippen molar-refractivity contribution >= 4 is 22.3 Å². The molecule has 0 aliphatic carbocycles. The maximum atomic E-state index is 6.41. The monoisotopic (exact) mass is 435 g/mol. The molecule has 0 spiro atoms. The first kappa shape index (κ1) is 19.6. The van der Waals surface area contributed by atoms with Crippen LogP contribution in [-0.2, 0) is 0 Å². The molecule has 0 atom stereocenters. The molecule has 0 fully saturated rings. The quantitative estimate of drug-likeness (QED) is 0.383. The molecule has 0 aliphatic heterocycles. The van der Waals surface area contributed by atoms with Crippen LogP contribution in [0.2, 0.25) is 13.3 Å². The number of hydrogen-bond donors (Lipinski definition) is 0. The average molecular weight is 434 g/mol. The number of hydrogen-bond acceptors (Lipinski definition) is 2. The van der Waals surface area contributed by atoms with Crippen molar-refractivity contribution in [2.45, 2.75) is 72.6 Å². The van der Waals surface area contributed by atoms with Gasteiger partial charge < -0.3 is 0 Å². The van der Waals surface area contributed by atoms with E-state index in [1.807, 2.05) is 12.3 Å². The molecule has 2 nitrogen and oxygen atoms in total. The van der Waals surface area contributed by atoms with Crippen LogP contribution >= 0.6 is 0 Å². The van der Waals surface area contributed by atoms with E-state index in [2.05, 4.69) is 45.0 Å². The molecule has 0 N–H and O–H groups in total. The summed E-state index contributed by atoms with van der Waals surface area (Å²) in [6.07, 6.45) is 9.83. The van der Waals surface area contributed by atoms with Crippen molar-refractivity contribution < 1.29 is 4.42 Å². The first-order valence-electron chi connectivity index (χ1n) is 9.77. The molecule has 1 aromatic heterocycles. The maximum absolute atomic E-state index is 6.41. The topological polar surface area (TPSA) is 26.0 Å². The van der Waals surface area contributed by atoms with Gasteiger partial charge in [-0.05, 0) is 0 Å². The van der Waals surface area contributed by atoms with E-state index in [0.717, 1.165) is 11.3 Å². The Bertz CT molecular complexity index is 557. The van der Waals surface area contributed by atoms with Gasteiger partial charge in [0.15, 0.2) is 0 Å². The second-order valence-electron chi connectivity index (χ2n) is 6.99. The zero-order chi connectivity index (χ0) is 17.3. The molecule has 0 amide bonds. The van der Waals surface area contributed by atoms with Crippen molar-refractivity contribution in [3.8, 4) is 11.3 Å². The number of nitrogens with zero attached hydrogens (tertiary/aromatic N) is 1. The second kappa shape index (κ2) is 10.3. The predicted octanol–water partition coefficient (Wildman–Crippen LogP) is 6.40. The summed E-state index contributed by atoms with van der Waals surface area (Å²) < 4.78 is 11.8. The fraction of sp³-hybridized carbons (Fsp3) is 0.571. The van der Waals surface area contributed by atoms with E-state index in [1.54, 1.807) is 0 Å². The van der Waals surface area contributed by atoms with Crippen molar-refractivity contribution in [1.82, 2.24) is 4.98 Å². The van der Waals surface area contributed by atoms with Crippen molar-refractivity contribution in [2.24, 2.45) is 0 Å². The third-order valence-corrected chi connectivity index (χ3v) is 19.5. The van der Waals surface area contributed by atoms with Crippen molar-refractivity contribution in [3.63, 3.8) is 0 Å². The van der Waals surface area contributed by atoms with E-state index in [-0.39, 0.29) is 0 Å². The summed E-state index contributed by atoms with van der Waals surface area (Å²) in [7, 11) is 0. The van der Waals surface area contributed by atoms with Crippen molar-refractivity contribution in [2.75, 3.05) is 0 Å². The van der Waals surface area contributed by atoms with E-state index in [0.29, 0.717) is 0 Å². The fourth-order valence-corrected chi connectivity index (χ4v) is 18.2. The van der Waals surface area contributed by atoms with Gasteiger partial charge >= 0.3 is 152 Å². The SMILES string of the molecule is CCC[CH2][Sn]([CH2]CCC)([CH2]CCC)[c]1ncc(-c2ccccc2)o1. The molecule has 2 aromatic rings. The van der Waals surface area contributed by atoms with Crippen LogP contribution < -0.4 is 3.91 Å². The van der Waals surface area contributed by atoms with Gasteiger partial charge in [0.1, 0.15) is 0 Å². The minimum absolute atomic E-state index is 0.955. The summed E-state index contributed by atoms with van der Waals surface area (Å²) in [6.45, 7) is 6.92. The standard InChI is InChI=1S/C9H6NO.3C4H9.Sn/c1-2-4-8(5-3-1)9-6-10-7-11-9;3*1-3-4-2;/h1-6H;3*1,3-4H2,2H3;. The number of aromatic nitrogens is 1. The van der Waals surface area contributed by atoms with Crippen LogP contribution in [0.4, 0.5) is 0 Å². The third-order valence-electron chi connectivity index (χ3n) is 5.04.